The van der Waals surface area contributed by atoms with Crippen LogP contribution in [0.5, 0.6) is 0 Å². The second kappa shape index (κ2) is 13.8. The fourth-order valence-corrected chi connectivity index (χ4v) is 4.85. The third-order valence-electron chi connectivity index (χ3n) is 5.44. The maximum Gasteiger partial charge on any atom is 0.243 e. The molecule has 178 valence electrons. The Kier molecular flexibility index (Phi) is 10.5. The van der Waals surface area contributed by atoms with Crippen molar-refractivity contribution in [1.82, 2.24) is 10.2 Å². The van der Waals surface area contributed by atoms with Gasteiger partial charge in [-0.3, -0.25) is 9.59 Å². The van der Waals surface area contributed by atoms with E-state index < -0.39 is 6.04 Å². The first kappa shape index (κ1) is 25.9. The van der Waals surface area contributed by atoms with Crippen LogP contribution in [0.1, 0.15) is 30.0 Å². The molecule has 0 fully saturated rings. The van der Waals surface area contributed by atoms with Crippen molar-refractivity contribution >= 4 is 35.2 Å². The molecule has 0 aromatic heterocycles. The monoisotopic (exact) mass is 494 g/mol. The fourth-order valence-electron chi connectivity index (χ4n) is 3.75. The summed E-state index contributed by atoms with van der Waals surface area (Å²) in [6, 6.07) is 26.9. The molecule has 0 aliphatic carbocycles. The maximum absolute atomic E-state index is 13.5. The van der Waals surface area contributed by atoms with Crippen LogP contribution in [0.4, 0.5) is 0 Å². The number of halogens is 1. The van der Waals surface area contributed by atoms with Crippen LogP contribution in [0, 0.1) is 0 Å². The third kappa shape index (κ3) is 8.23. The molecule has 0 aliphatic rings. The highest BCUT2D eigenvalue weighted by Crippen LogP contribution is 2.20. The van der Waals surface area contributed by atoms with Crippen molar-refractivity contribution in [3.63, 3.8) is 0 Å². The maximum atomic E-state index is 13.5. The quantitative estimate of drug-likeness (QED) is 0.327. The first-order valence-corrected chi connectivity index (χ1v) is 13.1. The van der Waals surface area contributed by atoms with Gasteiger partial charge in [-0.2, -0.15) is 11.8 Å². The highest BCUT2D eigenvalue weighted by Gasteiger charge is 2.29. The number of thioether (sulfide) groups is 1. The predicted octanol–water partition coefficient (Wildman–Crippen LogP) is 5.74. The zero-order valence-electron chi connectivity index (χ0n) is 19.5. The lowest BCUT2D eigenvalue weighted by atomic mass is 10.0. The van der Waals surface area contributed by atoms with E-state index in [9.17, 15) is 9.59 Å². The van der Waals surface area contributed by atoms with E-state index in [-0.39, 0.29) is 11.8 Å². The minimum atomic E-state index is -0.604. The summed E-state index contributed by atoms with van der Waals surface area (Å²) in [4.78, 5) is 28.3. The van der Waals surface area contributed by atoms with Gasteiger partial charge in [-0.15, -0.1) is 0 Å². The van der Waals surface area contributed by atoms with Crippen LogP contribution in [0.15, 0.2) is 84.9 Å². The van der Waals surface area contributed by atoms with Gasteiger partial charge in [0.2, 0.25) is 11.8 Å². The van der Waals surface area contributed by atoms with Crippen LogP contribution in [0.3, 0.4) is 0 Å². The van der Waals surface area contributed by atoms with Crippen molar-refractivity contribution in [2.24, 2.45) is 0 Å². The van der Waals surface area contributed by atoms with Gasteiger partial charge < -0.3 is 10.2 Å². The van der Waals surface area contributed by atoms with E-state index in [1.165, 1.54) is 5.56 Å². The van der Waals surface area contributed by atoms with E-state index >= 15 is 0 Å². The van der Waals surface area contributed by atoms with Crippen LogP contribution in [-0.4, -0.2) is 35.1 Å². The average molecular weight is 495 g/mol. The molecule has 3 rings (SSSR count). The molecule has 3 aromatic rings. The Balaban J connectivity index is 1.77. The molecule has 3 aromatic carbocycles. The number of hydrogen-bond donors (Lipinski definition) is 1. The lowest BCUT2D eigenvalue weighted by Crippen LogP contribution is -2.50. The van der Waals surface area contributed by atoms with E-state index in [0.717, 1.165) is 16.9 Å². The van der Waals surface area contributed by atoms with Crippen LogP contribution >= 0.6 is 23.4 Å². The van der Waals surface area contributed by atoms with Crippen LogP contribution < -0.4 is 5.32 Å². The zero-order valence-corrected chi connectivity index (χ0v) is 21.0. The van der Waals surface area contributed by atoms with Gasteiger partial charge in [0.05, 0.1) is 0 Å². The molecule has 0 spiro atoms. The molecule has 34 heavy (non-hydrogen) atoms. The summed E-state index contributed by atoms with van der Waals surface area (Å²) in [7, 11) is 0. The van der Waals surface area contributed by atoms with E-state index in [1.54, 1.807) is 16.7 Å². The Hall–Kier alpha value is -2.76. The summed E-state index contributed by atoms with van der Waals surface area (Å²) in [5, 5.41) is 3.54. The molecule has 0 aliphatic heterocycles. The molecule has 0 saturated carbocycles. The van der Waals surface area contributed by atoms with Gasteiger partial charge in [-0.25, -0.2) is 0 Å². The summed E-state index contributed by atoms with van der Waals surface area (Å²) in [5.41, 5.74) is 3.15. The van der Waals surface area contributed by atoms with Crippen molar-refractivity contribution < 1.29 is 9.59 Å². The second-order valence-corrected chi connectivity index (χ2v) is 9.58. The normalized spacial score (nSPS) is 11.6. The summed E-state index contributed by atoms with van der Waals surface area (Å²) < 4.78 is 0. The first-order chi connectivity index (χ1) is 16.6. The van der Waals surface area contributed by atoms with Crippen LogP contribution in [0.2, 0.25) is 5.02 Å². The van der Waals surface area contributed by atoms with Gasteiger partial charge >= 0.3 is 0 Å². The summed E-state index contributed by atoms with van der Waals surface area (Å²) in [6.45, 7) is 2.73. The average Bonchev–Trinajstić information content (AvgIpc) is 2.85. The molecule has 0 saturated heterocycles. The van der Waals surface area contributed by atoms with Gasteiger partial charge in [-0.05, 0) is 35.7 Å². The summed E-state index contributed by atoms with van der Waals surface area (Å²) in [6.07, 6.45) is 0.818. The molecule has 4 nitrogen and oxygen atoms in total. The Labute approximate surface area is 211 Å². The number of amides is 2. The van der Waals surface area contributed by atoms with Crippen molar-refractivity contribution in [1.29, 1.82) is 0 Å². The Morgan fingerprint density at radius 1 is 0.912 bits per heavy atom. The smallest absolute Gasteiger partial charge is 0.243 e. The van der Waals surface area contributed by atoms with Gasteiger partial charge in [0.25, 0.3) is 0 Å². The molecule has 6 heteroatoms. The standard InChI is InChI=1S/C28H31ClN2O2S/c1-2-30-28(33)26(19-22-10-5-3-6-11-22)31(20-24-14-9-15-25(29)18-24)27(32)16-17-34-21-23-12-7-4-8-13-23/h3-15,18,26H,2,16-17,19-21H2,1H3,(H,30,33). The molecular weight excluding hydrogens is 464 g/mol. The number of carbonyl (C=O) groups excluding carboxylic acids is 2. The predicted molar refractivity (Wildman–Crippen MR) is 142 cm³/mol. The lowest BCUT2D eigenvalue weighted by molar-refractivity contribution is -0.140. The molecule has 0 heterocycles. The molecule has 1 atom stereocenters. The van der Waals surface area contributed by atoms with Gasteiger partial charge in [0, 0.05) is 42.5 Å². The Morgan fingerprint density at radius 2 is 1.56 bits per heavy atom. The molecule has 0 bridgehead atoms. The lowest BCUT2D eigenvalue weighted by Gasteiger charge is -2.31. The molecule has 1 N–H and O–H groups in total. The van der Waals surface area contributed by atoms with Gasteiger partial charge in [0.1, 0.15) is 6.04 Å². The third-order valence-corrected chi connectivity index (χ3v) is 6.70. The zero-order chi connectivity index (χ0) is 24.2. The number of nitrogens with zero attached hydrogens (tertiary/aromatic N) is 1. The van der Waals surface area contributed by atoms with Crippen molar-refractivity contribution in [2.75, 3.05) is 12.3 Å². The summed E-state index contributed by atoms with van der Waals surface area (Å²) in [5.74, 6) is 1.37. The van der Waals surface area contributed by atoms with E-state index in [2.05, 4.69) is 17.4 Å². The first-order valence-electron chi connectivity index (χ1n) is 11.5. The van der Waals surface area contributed by atoms with E-state index in [1.807, 2.05) is 79.7 Å². The minimum absolute atomic E-state index is 0.0345. The SMILES string of the molecule is CCNC(=O)C(Cc1ccccc1)N(Cc1cccc(Cl)c1)C(=O)CCSCc1ccccc1. The van der Waals surface area contributed by atoms with Crippen LogP contribution in [0.25, 0.3) is 0 Å². The minimum Gasteiger partial charge on any atom is -0.355 e. The number of carbonyl (C=O) groups is 2. The van der Waals surface area contributed by atoms with Crippen molar-refractivity contribution in [2.45, 2.75) is 38.1 Å². The van der Waals surface area contributed by atoms with Crippen molar-refractivity contribution in [3.8, 4) is 0 Å². The number of hydrogen-bond acceptors (Lipinski definition) is 3. The second-order valence-electron chi connectivity index (χ2n) is 8.04. The molecule has 2 amide bonds. The van der Waals surface area contributed by atoms with Gasteiger partial charge in [0.15, 0.2) is 0 Å². The Morgan fingerprint density at radius 3 is 2.21 bits per heavy atom. The molecular formula is C28H31ClN2O2S. The molecule has 0 radical (unpaired) electrons. The van der Waals surface area contributed by atoms with Crippen LogP contribution in [-0.2, 0) is 28.3 Å². The molecule has 1 unspecified atom stereocenters. The van der Waals surface area contributed by atoms with E-state index in [0.29, 0.717) is 36.7 Å². The highest BCUT2D eigenvalue weighted by molar-refractivity contribution is 7.98. The highest BCUT2D eigenvalue weighted by atomic mass is 35.5. The van der Waals surface area contributed by atoms with E-state index in [4.69, 9.17) is 11.6 Å². The summed E-state index contributed by atoms with van der Waals surface area (Å²) >= 11 is 7.93. The number of rotatable bonds is 12. The number of benzene rings is 3. The number of likely N-dealkylation sites (N-methyl/N-ethyl adjacent to an activating group) is 1. The largest absolute Gasteiger partial charge is 0.355 e. The van der Waals surface area contributed by atoms with Crippen molar-refractivity contribution in [3.05, 3.63) is 107 Å². The fraction of sp³-hybridized carbons (Fsp3) is 0.286. The van der Waals surface area contributed by atoms with Gasteiger partial charge in [-0.1, -0.05) is 84.4 Å². The topological polar surface area (TPSA) is 49.4 Å². The Bertz CT molecular complexity index is 1050. The number of nitrogens with one attached hydrogen (secondary N) is 1.